The van der Waals surface area contributed by atoms with Gasteiger partial charge in [-0.3, -0.25) is 4.98 Å². The smallest absolute Gasteiger partial charge is 0.258 e. The first kappa shape index (κ1) is 16.0. The van der Waals surface area contributed by atoms with Crippen molar-refractivity contribution >= 4 is 11.0 Å². The summed E-state index contributed by atoms with van der Waals surface area (Å²) in [5.41, 5.74) is 3.99. The first-order chi connectivity index (χ1) is 13.3. The van der Waals surface area contributed by atoms with Crippen molar-refractivity contribution in [2.75, 3.05) is 13.2 Å². The number of nitrogens with zero attached hydrogens (tertiary/aromatic N) is 7. The Bertz CT molecular complexity index is 1080. The lowest BCUT2D eigenvalue weighted by Gasteiger charge is -2.22. The molecule has 0 radical (unpaired) electrons. The van der Waals surface area contributed by atoms with Crippen molar-refractivity contribution < 1.29 is 9.26 Å². The van der Waals surface area contributed by atoms with Crippen LogP contribution in [-0.4, -0.2) is 48.3 Å². The Morgan fingerprint density at radius 3 is 2.81 bits per heavy atom. The SMILES string of the molecule is Cc1cnc(-c2noc(-c3ccc4c(c3)nnn4C3CCOCC3)n2)cn1. The molecule has 1 saturated heterocycles. The van der Waals surface area contributed by atoms with E-state index in [1.165, 1.54) is 0 Å². The van der Waals surface area contributed by atoms with E-state index in [0.29, 0.717) is 23.5 Å². The van der Waals surface area contributed by atoms with Crippen LogP contribution in [-0.2, 0) is 4.74 Å². The quantitative estimate of drug-likeness (QED) is 0.547. The van der Waals surface area contributed by atoms with E-state index in [0.717, 1.165) is 48.3 Å². The topological polar surface area (TPSA) is 105 Å². The standard InChI is InChI=1S/C18H17N7O2/c1-11-9-20-15(10-19-11)17-21-18(27-23-17)12-2-3-16-14(8-12)22-24-25(16)13-4-6-26-7-5-13/h2-3,8-10,13H,4-7H2,1H3. The summed E-state index contributed by atoms with van der Waals surface area (Å²) in [5.74, 6) is 0.818. The predicted octanol–water partition coefficient (Wildman–Crippen LogP) is 2.60. The number of hydrogen-bond donors (Lipinski definition) is 0. The maximum Gasteiger partial charge on any atom is 0.258 e. The van der Waals surface area contributed by atoms with Crippen LogP contribution in [0, 0.1) is 6.92 Å². The van der Waals surface area contributed by atoms with Crippen molar-refractivity contribution in [3.05, 3.63) is 36.3 Å². The summed E-state index contributed by atoms with van der Waals surface area (Å²) in [5, 5.41) is 12.7. The van der Waals surface area contributed by atoms with E-state index in [4.69, 9.17) is 9.26 Å². The van der Waals surface area contributed by atoms with Crippen LogP contribution in [0.15, 0.2) is 35.1 Å². The molecule has 0 amide bonds. The molecule has 0 aliphatic carbocycles. The predicted molar refractivity (Wildman–Crippen MR) is 95.7 cm³/mol. The summed E-state index contributed by atoms with van der Waals surface area (Å²) in [4.78, 5) is 12.9. The van der Waals surface area contributed by atoms with Gasteiger partial charge in [-0.05, 0) is 38.0 Å². The van der Waals surface area contributed by atoms with E-state index in [9.17, 15) is 0 Å². The second-order valence-electron chi connectivity index (χ2n) is 6.55. The minimum Gasteiger partial charge on any atom is -0.381 e. The van der Waals surface area contributed by atoms with E-state index in [-0.39, 0.29) is 0 Å². The first-order valence-electron chi connectivity index (χ1n) is 8.84. The highest BCUT2D eigenvalue weighted by Crippen LogP contribution is 2.27. The van der Waals surface area contributed by atoms with Crippen LogP contribution in [0.2, 0.25) is 0 Å². The van der Waals surface area contributed by atoms with Crippen LogP contribution >= 0.6 is 0 Å². The minimum atomic E-state index is 0.324. The van der Waals surface area contributed by atoms with Crippen molar-refractivity contribution in [2.24, 2.45) is 0 Å². The van der Waals surface area contributed by atoms with Gasteiger partial charge in [-0.25, -0.2) is 9.67 Å². The molecule has 0 saturated carbocycles. The van der Waals surface area contributed by atoms with Gasteiger partial charge >= 0.3 is 0 Å². The number of aromatic nitrogens is 7. The highest BCUT2D eigenvalue weighted by atomic mass is 16.5. The molecule has 136 valence electrons. The van der Waals surface area contributed by atoms with Crippen molar-refractivity contribution in [2.45, 2.75) is 25.8 Å². The van der Waals surface area contributed by atoms with Gasteiger partial charge in [-0.2, -0.15) is 4.98 Å². The number of fused-ring (bicyclic) bond motifs is 1. The Morgan fingerprint density at radius 1 is 1.11 bits per heavy atom. The van der Waals surface area contributed by atoms with Gasteiger partial charge in [0.2, 0.25) is 5.82 Å². The maximum absolute atomic E-state index is 5.43. The van der Waals surface area contributed by atoms with Crippen molar-refractivity contribution in [3.63, 3.8) is 0 Å². The van der Waals surface area contributed by atoms with Gasteiger partial charge in [-0.15, -0.1) is 5.10 Å². The maximum atomic E-state index is 5.43. The van der Waals surface area contributed by atoms with E-state index in [1.54, 1.807) is 12.4 Å². The molecule has 0 N–H and O–H groups in total. The molecule has 0 unspecified atom stereocenters. The Kier molecular flexibility index (Phi) is 3.86. The van der Waals surface area contributed by atoms with Crippen LogP contribution in [0.4, 0.5) is 0 Å². The number of benzene rings is 1. The highest BCUT2D eigenvalue weighted by Gasteiger charge is 2.20. The summed E-state index contributed by atoms with van der Waals surface area (Å²) in [6, 6.07) is 6.18. The van der Waals surface area contributed by atoms with Crippen molar-refractivity contribution in [1.29, 1.82) is 0 Å². The zero-order valence-electron chi connectivity index (χ0n) is 14.7. The fourth-order valence-corrected chi connectivity index (χ4v) is 3.23. The second kappa shape index (κ2) is 6.51. The third-order valence-electron chi connectivity index (χ3n) is 4.69. The number of hydrogen-bond acceptors (Lipinski definition) is 8. The molecule has 4 heterocycles. The Morgan fingerprint density at radius 2 is 2.00 bits per heavy atom. The molecule has 0 atom stereocenters. The number of rotatable bonds is 3. The lowest BCUT2D eigenvalue weighted by atomic mass is 10.1. The van der Waals surface area contributed by atoms with Gasteiger partial charge in [-0.1, -0.05) is 10.4 Å². The fraction of sp³-hybridized carbons (Fsp3) is 0.333. The Labute approximate surface area is 154 Å². The average Bonchev–Trinajstić information content (AvgIpc) is 3.36. The van der Waals surface area contributed by atoms with Crippen LogP contribution < -0.4 is 0 Å². The summed E-state index contributed by atoms with van der Waals surface area (Å²) in [6.45, 7) is 3.40. The van der Waals surface area contributed by atoms with E-state index < -0.39 is 0 Å². The second-order valence-corrected chi connectivity index (χ2v) is 6.55. The third kappa shape index (κ3) is 2.95. The van der Waals surface area contributed by atoms with E-state index in [2.05, 4.69) is 30.4 Å². The molecule has 1 aliphatic rings. The zero-order valence-corrected chi connectivity index (χ0v) is 14.7. The first-order valence-corrected chi connectivity index (χ1v) is 8.84. The van der Waals surface area contributed by atoms with Gasteiger partial charge in [0.15, 0.2) is 0 Å². The van der Waals surface area contributed by atoms with Crippen LogP contribution in [0.1, 0.15) is 24.6 Å². The van der Waals surface area contributed by atoms with E-state index in [1.807, 2.05) is 29.8 Å². The average molecular weight is 363 g/mol. The van der Waals surface area contributed by atoms with Crippen molar-refractivity contribution in [3.8, 4) is 23.0 Å². The number of ether oxygens (including phenoxy) is 1. The molecule has 9 nitrogen and oxygen atoms in total. The molecule has 5 rings (SSSR count). The summed E-state index contributed by atoms with van der Waals surface area (Å²) in [6.07, 6.45) is 5.20. The molecule has 0 spiro atoms. The third-order valence-corrected chi connectivity index (χ3v) is 4.69. The largest absolute Gasteiger partial charge is 0.381 e. The summed E-state index contributed by atoms with van der Waals surface area (Å²) < 4.78 is 12.8. The highest BCUT2D eigenvalue weighted by molar-refractivity contribution is 5.79. The summed E-state index contributed by atoms with van der Waals surface area (Å²) >= 11 is 0. The molecule has 1 fully saturated rings. The van der Waals surface area contributed by atoms with Gasteiger partial charge in [0.25, 0.3) is 5.89 Å². The lowest BCUT2D eigenvalue weighted by Crippen LogP contribution is -2.20. The van der Waals surface area contributed by atoms with Gasteiger partial charge in [0.1, 0.15) is 11.2 Å². The van der Waals surface area contributed by atoms with Gasteiger partial charge < -0.3 is 9.26 Å². The Hall–Kier alpha value is -3.20. The van der Waals surface area contributed by atoms with E-state index >= 15 is 0 Å². The van der Waals surface area contributed by atoms with Gasteiger partial charge in [0.05, 0.1) is 23.4 Å². The zero-order chi connectivity index (χ0) is 18.2. The molecular weight excluding hydrogens is 346 g/mol. The molecule has 9 heteroatoms. The van der Waals surface area contributed by atoms with Crippen LogP contribution in [0.3, 0.4) is 0 Å². The normalized spacial score (nSPS) is 15.4. The monoisotopic (exact) mass is 363 g/mol. The molecule has 3 aromatic heterocycles. The molecule has 27 heavy (non-hydrogen) atoms. The van der Waals surface area contributed by atoms with Crippen molar-refractivity contribution in [1.82, 2.24) is 35.1 Å². The van der Waals surface area contributed by atoms with Crippen LogP contribution in [0.5, 0.6) is 0 Å². The fourth-order valence-electron chi connectivity index (χ4n) is 3.23. The molecule has 0 bridgehead atoms. The molecule has 1 aliphatic heterocycles. The molecule has 4 aromatic rings. The molecular formula is C18H17N7O2. The molecule has 1 aromatic carbocycles. The van der Waals surface area contributed by atoms with Gasteiger partial charge in [0, 0.05) is 25.0 Å². The van der Waals surface area contributed by atoms with Crippen LogP contribution in [0.25, 0.3) is 34.0 Å². The Balaban J connectivity index is 1.46. The lowest BCUT2D eigenvalue weighted by molar-refractivity contribution is 0.0669. The number of aryl methyl sites for hydroxylation is 1. The minimum absolute atomic E-state index is 0.324. The summed E-state index contributed by atoms with van der Waals surface area (Å²) in [7, 11) is 0.